The number of methoxy groups -OCH3 is 1. The zero-order valence-corrected chi connectivity index (χ0v) is 10.5. The van der Waals surface area contributed by atoms with Gasteiger partial charge in [-0.3, -0.25) is 4.79 Å². The van der Waals surface area contributed by atoms with Crippen LogP contribution in [0.15, 0.2) is 30.5 Å². The molecule has 0 atom stereocenters. The third-order valence-corrected chi connectivity index (χ3v) is 2.57. The van der Waals surface area contributed by atoms with Gasteiger partial charge in [-0.15, -0.1) is 0 Å². The summed E-state index contributed by atoms with van der Waals surface area (Å²) in [6.07, 6.45) is 1.22. The molecule has 1 amide bonds. The first kappa shape index (κ1) is 13.7. The van der Waals surface area contributed by atoms with Crippen LogP contribution in [0.2, 0.25) is 0 Å². The highest BCUT2D eigenvalue weighted by Crippen LogP contribution is 2.22. The van der Waals surface area contributed by atoms with Gasteiger partial charge in [0.15, 0.2) is 23.2 Å². The van der Waals surface area contributed by atoms with Crippen LogP contribution in [0, 0.1) is 11.6 Å². The van der Waals surface area contributed by atoms with Crippen LogP contribution < -0.4 is 15.8 Å². The van der Waals surface area contributed by atoms with Gasteiger partial charge in [0.2, 0.25) is 0 Å². The first-order valence-corrected chi connectivity index (χ1v) is 5.57. The van der Waals surface area contributed by atoms with Crippen molar-refractivity contribution in [3.05, 3.63) is 47.7 Å². The van der Waals surface area contributed by atoms with Gasteiger partial charge in [0.1, 0.15) is 0 Å². The molecule has 0 radical (unpaired) electrons. The topological polar surface area (TPSA) is 77.2 Å². The number of rotatable bonds is 3. The molecular formula is C13H11F2N3O2. The summed E-state index contributed by atoms with van der Waals surface area (Å²) < 4.78 is 31.6. The molecule has 2 rings (SSSR count). The van der Waals surface area contributed by atoms with E-state index in [-0.39, 0.29) is 22.8 Å². The lowest BCUT2D eigenvalue weighted by Gasteiger charge is -2.08. The highest BCUT2D eigenvalue weighted by molar-refractivity contribution is 6.04. The first-order valence-electron chi connectivity index (χ1n) is 5.57. The number of carbonyl (C=O) groups is 1. The van der Waals surface area contributed by atoms with Crippen molar-refractivity contribution in [2.75, 3.05) is 18.2 Å². The molecule has 2 aromatic rings. The van der Waals surface area contributed by atoms with Gasteiger partial charge in [-0.25, -0.2) is 13.8 Å². The van der Waals surface area contributed by atoms with Gasteiger partial charge in [0.05, 0.1) is 12.7 Å². The number of aromatic nitrogens is 1. The molecule has 0 spiro atoms. The van der Waals surface area contributed by atoms with Crippen LogP contribution >= 0.6 is 0 Å². The fourth-order valence-corrected chi connectivity index (χ4v) is 1.57. The summed E-state index contributed by atoms with van der Waals surface area (Å²) in [4.78, 5) is 15.4. The molecule has 7 heteroatoms. The van der Waals surface area contributed by atoms with E-state index in [0.717, 1.165) is 6.07 Å². The molecule has 5 nitrogen and oxygen atoms in total. The van der Waals surface area contributed by atoms with Crippen LogP contribution in [0.4, 0.5) is 20.3 Å². The maximum atomic E-state index is 13.6. The Balaban J connectivity index is 2.26. The average Bonchev–Trinajstić information content (AvgIpc) is 2.43. The summed E-state index contributed by atoms with van der Waals surface area (Å²) in [5, 5.41) is 2.42. The molecule has 20 heavy (non-hydrogen) atoms. The lowest BCUT2D eigenvalue weighted by atomic mass is 10.2. The van der Waals surface area contributed by atoms with E-state index >= 15 is 0 Å². The molecule has 104 valence electrons. The Labute approximate surface area is 113 Å². The molecular weight excluding hydrogens is 268 g/mol. The van der Waals surface area contributed by atoms with Crippen molar-refractivity contribution in [3.63, 3.8) is 0 Å². The number of hydrogen-bond acceptors (Lipinski definition) is 4. The summed E-state index contributed by atoms with van der Waals surface area (Å²) in [7, 11) is 1.30. The van der Waals surface area contributed by atoms with E-state index in [1.54, 1.807) is 0 Å². The SMILES string of the molecule is COc1cc(NC(=O)c2ccnc(N)c2F)ccc1F. The number of nitrogen functional groups attached to an aromatic ring is 1. The maximum absolute atomic E-state index is 13.6. The van der Waals surface area contributed by atoms with Crippen molar-refractivity contribution in [2.45, 2.75) is 0 Å². The molecule has 1 aromatic carbocycles. The zero-order valence-electron chi connectivity index (χ0n) is 10.5. The zero-order chi connectivity index (χ0) is 14.7. The minimum Gasteiger partial charge on any atom is -0.494 e. The Morgan fingerprint density at radius 1 is 1.35 bits per heavy atom. The standard InChI is InChI=1S/C13H11F2N3O2/c1-20-10-6-7(2-3-9(10)14)18-13(19)8-4-5-17-12(16)11(8)15/h2-6H,1H3,(H2,16,17)(H,18,19). The summed E-state index contributed by atoms with van der Waals surface area (Å²) >= 11 is 0. The third kappa shape index (κ3) is 2.66. The van der Waals surface area contributed by atoms with E-state index in [2.05, 4.69) is 10.3 Å². The van der Waals surface area contributed by atoms with E-state index in [1.807, 2.05) is 0 Å². The Kier molecular flexibility index (Phi) is 3.79. The number of ether oxygens (including phenoxy) is 1. The van der Waals surface area contributed by atoms with Crippen LogP contribution in [0.1, 0.15) is 10.4 Å². The molecule has 3 N–H and O–H groups in total. The van der Waals surface area contributed by atoms with E-state index in [9.17, 15) is 13.6 Å². The van der Waals surface area contributed by atoms with Crippen molar-refractivity contribution >= 4 is 17.4 Å². The highest BCUT2D eigenvalue weighted by Gasteiger charge is 2.15. The average molecular weight is 279 g/mol. The monoisotopic (exact) mass is 279 g/mol. The van der Waals surface area contributed by atoms with Gasteiger partial charge >= 0.3 is 0 Å². The van der Waals surface area contributed by atoms with Crippen LogP contribution in [0.5, 0.6) is 5.75 Å². The number of nitrogens with zero attached hydrogens (tertiary/aromatic N) is 1. The van der Waals surface area contributed by atoms with Crippen LogP contribution in [-0.4, -0.2) is 18.0 Å². The number of amides is 1. The molecule has 0 fully saturated rings. The van der Waals surface area contributed by atoms with E-state index in [0.29, 0.717) is 0 Å². The minimum absolute atomic E-state index is 0.0301. The Morgan fingerprint density at radius 2 is 2.10 bits per heavy atom. The summed E-state index contributed by atoms with van der Waals surface area (Å²) in [5.41, 5.74) is 5.30. The normalized spacial score (nSPS) is 10.2. The second-order valence-corrected chi connectivity index (χ2v) is 3.86. The fraction of sp³-hybridized carbons (Fsp3) is 0.0769. The van der Waals surface area contributed by atoms with Crippen molar-refractivity contribution in [1.29, 1.82) is 0 Å². The van der Waals surface area contributed by atoms with Crippen molar-refractivity contribution in [2.24, 2.45) is 0 Å². The summed E-state index contributed by atoms with van der Waals surface area (Å²) in [6, 6.07) is 4.95. The fourth-order valence-electron chi connectivity index (χ4n) is 1.57. The van der Waals surface area contributed by atoms with Crippen molar-refractivity contribution in [1.82, 2.24) is 4.98 Å². The number of pyridine rings is 1. The highest BCUT2D eigenvalue weighted by atomic mass is 19.1. The number of halogens is 2. The molecule has 0 saturated heterocycles. The number of carbonyl (C=O) groups excluding carboxylic acids is 1. The summed E-state index contributed by atoms with van der Waals surface area (Å²) in [5.74, 6) is -2.58. The van der Waals surface area contributed by atoms with E-state index < -0.39 is 17.5 Å². The van der Waals surface area contributed by atoms with E-state index in [4.69, 9.17) is 10.5 Å². The van der Waals surface area contributed by atoms with E-state index in [1.165, 1.54) is 31.5 Å². The lowest BCUT2D eigenvalue weighted by molar-refractivity contribution is 0.102. The molecule has 0 aliphatic carbocycles. The second kappa shape index (κ2) is 5.52. The second-order valence-electron chi connectivity index (χ2n) is 3.86. The van der Waals surface area contributed by atoms with Crippen molar-refractivity contribution < 1.29 is 18.3 Å². The first-order chi connectivity index (χ1) is 9.52. The minimum atomic E-state index is -0.904. The molecule has 0 aliphatic heterocycles. The van der Waals surface area contributed by atoms with Crippen molar-refractivity contribution in [3.8, 4) is 5.75 Å². The predicted molar refractivity (Wildman–Crippen MR) is 69.5 cm³/mol. The molecule has 0 saturated carbocycles. The largest absolute Gasteiger partial charge is 0.494 e. The number of benzene rings is 1. The Hall–Kier alpha value is -2.70. The predicted octanol–water partition coefficient (Wildman–Crippen LogP) is 2.20. The lowest BCUT2D eigenvalue weighted by Crippen LogP contribution is -2.15. The molecule has 0 bridgehead atoms. The number of nitrogens with two attached hydrogens (primary N) is 1. The molecule has 0 unspecified atom stereocenters. The van der Waals surface area contributed by atoms with Gasteiger partial charge < -0.3 is 15.8 Å². The van der Waals surface area contributed by atoms with Crippen LogP contribution in [0.3, 0.4) is 0 Å². The maximum Gasteiger partial charge on any atom is 0.258 e. The molecule has 0 aliphatic rings. The van der Waals surface area contributed by atoms with Gasteiger partial charge in [-0.2, -0.15) is 0 Å². The van der Waals surface area contributed by atoms with Crippen LogP contribution in [-0.2, 0) is 0 Å². The van der Waals surface area contributed by atoms with Crippen LogP contribution in [0.25, 0.3) is 0 Å². The number of anilines is 2. The quantitative estimate of drug-likeness (QED) is 0.903. The number of nitrogens with one attached hydrogen (secondary N) is 1. The molecule has 1 aromatic heterocycles. The number of hydrogen-bond donors (Lipinski definition) is 2. The van der Waals surface area contributed by atoms with Gasteiger partial charge in [0, 0.05) is 18.0 Å². The third-order valence-electron chi connectivity index (χ3n) is 2.57. The smallest absolute Gasteiger partial charge is 0.258 e. The Morgan fingerprint density at radius 3 is 2.80 bits per heavy atom. The van der Waals surface area contributed by atoms with Gasteiger partial charge in [-0.1, -0.05) is 0 Å². The molecule has 1 heterocycles. The van der Waals surface area contributed by atoms with Gasteiger partial charge in [-0.05, 0) is 18.2 Å². The summed E-state index contributed by atoms with van der Waals surface area (Å²) in [6.45, 7) is 0. The Bertz CT molecular complexity index is 662. The van der Waals surface area contributed by atoms with Gasteiger partial charge in [0.25, 0.3) is 5.91 Å².